The summed E-state index contributed by atoms with van der Waals surface area (Å²) in [5.74, 6) is -1.15. The molecule has 84 valence electrons. The van der Waals surface area contributed by atoms with E-state index in [1.165, 1.54) is 0 Å². The molecule has 0 aromatic heterocycles. The van der Waals surface area contributed by atoms with Crippen molar-refractivity contribution in [3.63, 3.8) is 0 Å². The number of amides is 1. The highest BCUT2D eigenvalue weighted by molar-refractivity contribution is 6.45. The summed E-state index contributed by atoms with van der Waals surface area (Å²) < 4.78 is 0. The molecule has 0 spiro atoms. The average molecular weight is 219 g/mol. The molecule has 0 saturated heterocycles. The monoisotopic (exact) mass is 219 g/mol. The van der Waals surface area contributed by atoms with E-state index in [9.17, 15) is 14.4 Å². The summed E-state index contributed by atoms with van der Waals surface area (Å²) in [6, 6.07) is 7.57. The minimum absolute atomic E-state index is 0.346. The predicted molar refractivity (Wildman–Crippen MR) is 59.1 cm³/mol. The van der Waals surface area contributed by atoms with Crippen LogP contribution in [0.2, 0.25) is 0 Å². The van der Waals surface area contributed by atoms with Gasteiger partial charge in [0.05, 0.1) is 6.04 Å². The highest BCUT2D eigenvalue weighted by Gasteiger charge is 2.23. The van der Waals surface area contributed by atoms with Crippen molar-refractivity contribution < 1.29 is 14.4 Å². The van der Waals surface area contributed by atoms with Crippen LogP contribution in [0, 0.1) is 0 Å². The first-order chi connectivity index (χ1) is 7.70. The van der Waals surface area contributed by atoms with Gasteiger partial charge in [-0.25, -0.2) is 0 Å². The lowest BCUT2D eigenvalue weighted by molar-refractivity contribution is -0.120. The van der Waals surface area contributed by atoms with Crippen LogP contribution in [0.4, 0.5) is 0 Å². The molecular weight excluding hydrogens is 206 g/mol. The third-order valence-electron chi connectivity index (χ3n) is 2.25. The number of hydrogen-bond donors (Lipinski definition) is 1. The normalized spacial score (nSPS) is 11.6. The lowest BCUT2D eigenvalue weighted by Gasteiger charge is -2.10. The highest BCUT2D eigenvalue weighted by Crippen LogP contribution is 2.04. The summed E-state index contributed by atoms with van der Waals surface area (Å²) in [6.45, 7) is 1.73. The van der Waals surface area contributed by atoms with Gasteiger partial charge >= 0.3 is 0 Å². The first-order valence-corrected chi connectivity index (χ1v) is 5.04. The molecule has 16 heavy (non-hydrogen) atoms. The summed E-state index contributed by atoms with van der Waals surface area (Å²) >= 11 is 0. The Morgan fingerprint density at radius 3 is 2.44 bits per heavy atom. The van der Waals surface area contributed by atoms with Crippen LogP contribution in [-0.4, -0.2) is 24.0 Å². The Morgan fingerprint density at radius 1 is 1.31 bits per heavy atom. The van der Waals surface area contributed by atoms with Crippen LogP contribution < -0.4 is 5.32 Å². The Hall–Kier alpha value is -1.97. The molecule has 1 unspecified atom stereocenters. The van der Waals surface area contributed by atoms with E-state index in [-0.39, 0.29) is 0 Å². The second-order valence-electron chi connectivity index (χ2n) is 3.30. The van der Waals surface area contributed by atoms with Gasteiger partial charge in [-0.1, -0.05) is 37.3 Å². The van der Waals surface area contributed by atoms with Crippen molar-refractivity contribution in [2.45, 2.75) is 19.4 Å². The Morgan fingerprint density at radius 2 is 1.94 bits per heavy atom. The van der Waals surface area contributed by atoms with Gasteiger partial charge in [-0.15, -0.1) is 0 Å². The Balaban J connectivity index is 2.81. The van der Waals surface area contributed by atoms with E-state index in [0.717, 1.165) is 0 Å². The van der Waals surface area contributed by atoms with Gasteiger partial charge in [0.2, 0.25) is 18.0 Å². The second kappa shape index (κ2) is 5.80. The van der Waals surface area contributed by atoms with E-state index in [1.807, 2.05) is 0 Å². The fourth-order valence-electron chi connectivity index (χ4n) is 1.35. The third kappa shape index (κ3) is 2.76. The zero-order chi connectivity index (χ0) is 12.0. The molecule has 0 aliphatic rings. The maximum atomic E-state index is 11.7. The largest absolute Gasteiger partial charge is 0.348 e. The molecule has 4 nitrogen and oxygen atoms in total. The quantitative estimate of drug-likeness (QED) is 0.440. The molecule has 0 saturated carbocycles. The molecule has 0 heterocycles. The molecular formula is C12H13NO3. The van der Waals surface area contributed by atoms with Crippen LogP contribution in [-0.2, 0) is 9.59 Å². The molecule has 1 aromatic carbocycles. The van der Waals surface area contributed by atoms with E-state index < -0.39 is 17.6 Å². The number of rotatable bonds is 6. The lowest BCUT2D eigenvalue weighted by atomic mass is 10.0. The molecule has 0 aliphatic heterocycles. The number of nitrogens with one attached hydrogen (secondary N) is 1. The van der Waals surface area contributed by atoms with Gasteiger partial charge in [-0.3, -0.25) is 14.4 Å². The van der Waals surface area contributed by atoms with Gasteiger partial charge in [0.1, 0.15) is 0 Å². The average Bonchev–Trinajstić information content (AvgIpc) is 2.35. The van der Waals surface area contributed by atoms with Gasteiger partial charge in [0.15, 0.2) is 0 Å². The maximum absolute atomic E-state index is 11.7. The zero-order valence-electron chi connectivity index (χ0n) is 8.97. The SMILES string of the molecule is CCC(NC=O)C(=O)C(=O)c1ccccc1. The Labute approximate surface area is 93.7 Å². The fraction of sp³-hybridized carbons (Fsp3) is 0.250. The second-order valence-corrected chi connectivity index (χ2v) is 3.30. The Kier molecular flexibility index (Phi) is 4.39. The molecule has 1 atom stereocenters. The third-order valence-corrected chi connectivity index (χ3v) is 2.25. The van der Waals surface area contributed by atoms with Crippen LogP contribution in [0.3, 0.4) is 0 Å². The van der Waals surface area contributed by atoms with Crippen molar-refractivity contribution in [2.75, 3.05) is 0 Å². The number of Topliss-reactive ketones (excluding diaryl/α,β-unsaturated/α-hetero) is 2. The molecule has 0 radical (unpaired) electrons. The van der Waals surface area contributed by atoms with Gasteiger partial charge in [0.25, 0.3) is 0 Å². The smallest absolute Gasteiger partial charge is 0.230 e. The minimum atomic E-state index is -0.731. The standard InChI is InChI=1S/C12H13NO3/c1-2-10(13-8-14)12(16)11(15)9-6-4-3-5-7-9/h3-8,10H,2H2,1H3,(H,13,14). The molecule has 4 heteroatoms. The zero-order valence-corrected chi connectivity index (χ0v) is 8.97. The van der Waals surface area contributed by atoms with E-state index >= 15 is 0 Å². The van der Waals surface area contributed by atoms with Crippen LogP contribution in [0.15, 0.2) is 30.3 Å². The molecule has 0 bridgehead atoms. The van der Waals surface area contributed by atoms with E-state index in [0.29, 0.717) is 18.4 Å². The molecule has 1 aromatic rings. The summed E-state index contributed by atoms with van der Waals surface area (Å²) in [7, 11) is 0. The van der Waals surface area contributed by atoms with Crippen LogP contribution in [0.25, 0.3) is 0 Å². The van der Waals surface area contributed by atoms with Crippen molar-refractivity contribution in [2.24, 2.45) is 0 Å². The molecule has 1 N–H and O–H groups in total. The molecule has 0 fully saturated rings. The van der Waals surface area contributed by atoms with E-state index in [4.69, 9.17) is 0 Å². The number of hydrogen-bond acceptors (Lipinski definition) is 3. The van der Waals surface area contributed by atoms with Gasteiger partial charge in [-0.05, 0) is 6.42 Å². The first-order valence-electron chi connectivity index (χ1n) is 5.04. The molecule has 0 aliphatic carbocycles. The number of ketones is 2. The number of carbonyl (C=O) groups excluding carboxylic acids is 3. The van der Waals surface area contributed by atoms with E-state index in [2.05, 4.69) is 5.32 Å². The Bertz CT molecular complexity index is 387. The minimum Gasteiger partial charge on any atom is -0.348 e. The summed E-state index contributed by atoms with van der Waals surface area (Å²) in [6.07, 6.45) is 0.834. The van der Waals surface area contributed by atoms with Crippen molar-refractivity contribution >= 4 is 18.0 Å². The molecule has 1 rings (SSSR count). The van der Waals surface area contributed by atoms with Crippen molar-refractivity contribution in [1.82, 2.24) is 5.32 Å². The number of benzene rings is 1. The topological polar surface area (TPSA) is 63.2 Å². The van der Waals surface area contributed by atoms with Gasteiger partial charge < -0.3 is 5.32 Å². The van der Waals surface area contributed by atoms with Crippen LogP contribution in [0.1, 0.15) is 23.7 Å². The van der Waals surface area contributed by atoms with Gasteiger partial charge in [0, 0.05) is 5.56 Å². The molecule has 1 amide bonds. The summed E-state index contributed by atoms with van der Waals surface area (Å²) in [5, 5.41) is 2.33. The summed E-state index contributed by atoms with van der Waals surface area (Å²) in [5.41, 5.74) is 0.346. The lowest BCUT2D eigenvalue weighted by Crippen LogP contribution is -2.39. The van der Waals surface area contributed by atoms with Crippen molar-refractivity contribution in [3.8, 4) is 0 Å². The first kappa shape index (κ1) is 12.1. The van der Waals surface area contributed by atoms with Gasteiger partial charge in [-0.2, -0.15) is 0 Å². The van der Waals surface area contributed by atoms with Crippen molar-refractivity contribution in [3.05, 3.63) is 35.9 Å². The predicted octanol–water partition coefficient (Wildman–Crippen LogP) is 0.963. The maximum Gasteiger partial charge on any atom is 0.230 e. The van der Waals surface area contributed by atoms with Crippen LogP contribution >= 0.6 is 0 Å². The van der Waals surface area contributed by atoms with E-state index in [1.54, 1.807) is 37.3 Å². The number of carbonyl (C=O) groups is 3. The highest BCUT2D eigenvalue weighted by atomic mass is 16.2. The summed E-state index contributed by atoms with van der Waals surface area (Å²) in [4.78, 5) is 33.7. The fourth-order valence-corrected chi connectivity index (χ4v) is 1.35. The van der Waals surface area contributed by atoms with Crippen molar-refractivity contribution in [1.29, 1.82) is 0 Å². The van der Waals surface area contributed by atoms with Crippen LogP contribution in [0.5, 0.6) is 0 Å².